The van der Waals surface area contributed by atoms with E-state index in [-0.39, 0.29) is 29.2 Å². The Labute approximate surface area is 151 Å². The fourth-order valence-electron chi connectivity index (χ4n) is 2.84. The molecule has 7 nitrogen and oxygen atoms in total. The highest BCUT2D eigenvalue weighted by Gasteiger charge is 2.30. The molecule has 0 radical (unpaired) electrons. The number of halogens is 3. The molecule has 0 spiro atoms. The van der Waals surface area contributed by atoms with E-state index in [2.05, 4.69) is 15.1 Å². The van der Waals surface area contributed by atoms with E-state index in [1.165, 1.54) is 23.9 Å². The van der Waals surface area contributed by atoms with Gasteiger partial charge in [-0.15, -0.1) is 0 Å². The minimum atomic E-state index is -4.42. The van der Waals surface area contributed by atoms with Gasteiger partial charge in [-0.1, -0.05) is 12.1 Å². The quantitative estimate of drug-likeness (QED) is 0.707. The highest BCUT2D eigenvalue weighted by Crippen LogP contribution is 2.31. The summed E-state index contributed by atoms with van der Waals surface area (Å²) in [6, 6.07) is 4.16. The summed E-state index contributed by atoms with van der Waals surface area (Å²) in [7, 11) is 1.45. The number of aromatic nitrogens is 4. The van der Waals surface area contributed by atoms with E-state index >= 15 is 0 Å². The molecule has 0 aliphatic rings. The molecule has 2 aromatic heterocycles. The molecule has 0 amide bonds. The van der Waals surface area contributed by atoms with E-state index in [0.717, 1.165) is 12.1 Å². The lowest BCUT2D eigenvalue weighted by molar-refractivity contribution is -0.137. The minimum Gasteiger partial charge on any atom is -0.390 e. The normalized spacial score (nSPS) is 13.3. The number of methoxy groups -OCH3 is 1. The van der Waals surface area contributed by atoms with Gasteiger partial charge in [0.15, 0.2) is 5.65 Å². The summed E-state index contributed by atoms with van der Waals surface area (Å²) in [5.74, 6) is 0.278. The summed E-state index contributed by atoms with van der Waals surface area (Å²) in [6.45, 7) is 1.31. The highest BCUT2D eigenvalue weighted by atomic mass is 19.4. The molecule has 0 aliphatic heterocycles. The number of nitrogens with one attached hydrogen (secondary N) is 1. The van der Waals surface area contributed by atoms with Crippen LogP contribution in [0.1, 0.15) is 35.6 Å². The zero-order chi connectivity index (χ0) is 19.8. The Hall–Kier alpha value is -2.72. The summed E-state index contributed by atoms with van der Waals surface area (Å²) in [5, 5.41) is 13.9. The predicted octanol–water partition coefficient (Wildman–Crippen LogP) is 2.39. The minimum absolute atomic E-state index is 0.0689. The molecule has 10 heteroatoms. The number of hydrogen-bond acceptors (Lipinski definition) is 5. The van der Waals surface area contributed by atoms with Gasteiger partial charge in [0.25, 0.3) is 5.56 Å². The lowest BCUT2D eigenvalue weighted by atomic mass is 10.1. The Morgan fingerprint density at radius 2 is 1.96 bits per heavy atom. The first-order valence-corrected chi connectivity index (χ1v) is 8.03. The Balaban J connectivity index is 2.11. The molecule has 0 unspecified atom stereocenters. The van der Waals surface area contributed by atoms with Crippen LogP contribution >= 0.6 is 0 Å². The number of aliphatic hydroxyl groups excluding tert-OH is 1. The maximum Gasteiger partial charge on any atom is 0.416 e. The number of rotatable bonds is 5. The molecule has 27 heavy (non-hydrogen) atoms. The highest BCUT2D eigenvalue weighted by molar-refractivity contribution is 5.77. The van der Waals surface area contributed by atoms with E-state index in [1.54, 1.807) is 6.92 Å². The lowest BCUT2D eigenvalue weighted by Gasteiger charge is -2.15. The SMILES string of the molecule is COCc1nc2c(c(CO)nn2[C@@H](C)c2ccc(C(F)(F)F)cc2)c(=O)[nH]1. The van der Waals surface area contributed by atoms with E-state index < -0.39 is 29.9 Å². The van der Waals surface area contributed by atoms with Crippen molar-refractivity contribution in [1.29, 1.82) is 0 Å². The van der Waals surface area contributed by atoms with Gasteiger partial charge in [-0.25, -0.2) is 9.67 Å². The van der Waals surface area contributed by atoms with E-state index in [0.29, 0.717) is 5.56 Å². The summed E-state index contributed by atoms with van der Waals surface area (Å²) < 4.78 is 44.7. The molecule has 1 aromatic carbocycles. The fourth-order valence-corrected chi connectivity index (χ4v) is 2.84. The molecule has 0 aliphatic carbocycles. The maximum absolute atomic E-state index is 12.8. The third-order valence-corrected chi connectivity index (χ3v) is 4.20. The lowest BCUT2D eigenvalue weighted by Crippen LogP contribution is -2.15. The first-order valence-electron chi connectivity index (χ1n) is 8.03. The number of aliphatic hydroxyl groups is 1. The average molecular weight is 382 g/mol. The number of fused-ring (bicyclic) bond motifs is 1. The van der Waals surface area contributed by atoms with Crippen molar-refractivity contribution in [2.24, 2.45) is 0 Å². The summed E-state index contributed by atoms with van der Waals surface area (Å²) in [5.41, 5.74) is -0.310. The van der Waals surface area contributed by atoms with Gasteiger partial charge < -0.3 is 14.8 Å². The smallest absolute Gasteiger partial charge is 0.390 e. The number of ether oxygens (including phenoxy) is 1. The molecule has 3 rings (SSSR count). The molecule has 0 fully saturated rings. The summed E-state index contributed by atoms with van der Waals surface area (Å²) in [4.78, 5) is 19.2. The van der Waals surface area contributed by atoms with Crippen molar-refractivity contribution in [2.45, 2.75) is 32.4 Å². The standard InChI is InChI=1S/C17H17F3N4O3/c1-9(10-3-5-11(6-4-10)17(18,19)20)24-15-14(12(7-25)23-24)16(26)22-13(21-15)8-27-2/h3-6,9,25H,7-8H2,1-2H3,(H,21,22,26)/t9-/m0/s1. The van der Waals surface area contributed by atoms with Gasteiger partial charge in [0.2, 0.25) is 0 Å². The molecule has 144 valence electrons. The third-order valence-electron chi connectivity index (χ3n) is 4.20. The second-order valence-electron chi connectivity index (χ2n) is 5.99. The second kappa shape index (κ2) is 7.12. The Kier molecular flexibility index (Phi) is 5.03. The van der Waals surface area contributed by atoms with Gasteiger partial charge >= 0.3 is 6.18 Å². The number of alkyl halides is 3. The molecule has 2 heterocycles. The molecule has 0 saturated heterocycles. The van der Waals surface area contributed by atoms with Crippen LogP contribution < -0.4 is 5.56 Å². The van der Waals surface area contributed by atoms with Gasteiger partial charge in [0.1, 0.15) is 23.5 Å². The number of H-pyrrole nitrogens is 1. The van der Waals surface area contributed by atoms with Crippen LogP contribution in [-0.2, 0) is 24.1 Å². The first-order chi connectivity index (χ1) is 12.8. The first kappa shape index (κ1) is 19.1. The van der Waals surface area contributed by atoms with Crippen molar-refractivity contribution in [3.8, 4) is 0 Å². The monoisotopic (exact) mass is 382 g/mol. The van der Waals surface area contributed by atoms with Crippen molar-refractivity contribution >= 4 is 11.0 Å². The van der Waals surface area contributed by atoms with Crippen LogP contribution in [0.2, 0.25) is 0 Å². The Morgan fingerprint density at radius 3 is 2.52 bits per heavy atom. The van der Waals surface area contributed by atoms with Gasteiger partial charge in [-0.3, -0.25) is 4.79 Å². The van der Waals surface area contributed by atoms with Crippen molar-refractivity contribution in [1.82, 2.24) is 19.7 Å². The van der Waals surface area contributed by atoms with Crippen LogP contribution in [0, 0.1) is 0 Å². The summed E-state index contributed by atoms with van der Waals surface area (Å²) in [6.07, 6.45) is -4.42. The van der Waals surface area contributed by atoms with Crippen molar-refractivity contribution < 1.29 is 23.0 Å². The number of hydrogen-bond donors (Lipinski definition) is 2. The number of benzene rings is 1. The fraction of sp³-hybridized carbons (Fsp3) is 0.353. The number of nitrogens with zero attached hydrogens (tertiary/aromatic N) is 3. The van der Waals surface area contributed by atoms with Crippen molar-refractivity contribution in [2.75, 3.05) is 7.11 Å². The predicted molar refractivity (Wildman–Crippen MR) is 90.0 cm³/mol. The van der Waals surface area contributed by atoms with Gasteiger partial charge in [0.05, 0.1) is 18.2 Å². The average Bonchev–Trinajstić information content (AvgIpc) is 3.00. The van der Waals surface area contributed by atoms with Crippen LogP contribution in [0.4, 0.5) is 13.2 Å². The third kappa shape index (κ3) is 3.58. The topological polar surface area (TPSA) is 93.0 Å². The molecular weight excluding hydrogens is 365 g/mol. The Bertz CT molecular complexity index is 1010. The van der Waals surface area contributed by atoms with Crippen molar-refractivity contribution in [3.05, 3.63) is 57.3 Å². The molecule has 3 aromatic rings. The molecular formula is C17H17F3N4O3. The molecule has 0 bridgehead atoms. The maximum atomic E-state index is 12.8. The van der Waals surface area contributed by atoms with Crippen LogP contribution in [0.15, 0.2) is 29.1 Å². The largest absolute Gasteiger partial charge is 0.416 e. The van der Waals surface area contributed by atoms with E-state index in [9.17, 15) is 23.1 Å². The Morgan fingerprint density at radius 1 is 1.30 bits per heavy atom. The number of aromatic amines is 1. The van der Waals surface area contributed by atoms with Gasteiger partial charge in [-0.2, -0.15) is 18.3 Å². The van der Waals surface area contributed by atoms with Crippen LogP contribution in [0.3, 0.4) is 0 Å². The van der Waals surface area contributed by atoms with Gasteiger partial charge in [-0.05, 0) is 24.6 Å². The van der Waals surface area contributed by atoms with E-state index in [1.807, 2.05) is 0 Å². The molecule has 1 atom stereocenters. The second-order valence-corrected chi connectivity index (χ2v) is 5.99. The van der Waals surface area contributed by atoms with Crippen LogP contribution in [0.5, 0.6) is 0 Å². The van der Waals surface area contributed by atoms with Gasteiger partial charge in [0, 0.05) is 7.11 Å². The zero-order valence-corrected chi connectivity index (χ0v) is 14.5. The van der Waals surface area contributed by atoms with Crippen LogP contribution in [-0.4, -0.2) is 32.0 Å². The van der Waals surface area contributed by atoms with E-state index in [4.69, 9.17) is 4.74 Å². The van der Waals surface area contributed by atoms with Crippen molar-refractivity contribution in [3.63, 3.8) is 0 Å². The molecule has 0 saturated carbocycles. The zero-order valence-electron chi connectivity index (χ0n) is 14.5. The molecule has 2 N–H and O–H groups in total. The van der Waals surface area contributed by atoms with Crippen LogP contribution in [0.25, 0.3) is 11.0 Å². The summed E-state index contributed by atoms with van der Waals surface area (Å²) >= 11 is 0.